The Morgan fingerprint density at radius 1 is 1.46 bits per heavy atom. The lowest BCUT2D eigenvalue weighted by molar-refractivity contribution is -0.140. The van der Waals surface area contributed by atoms with Crippen LogP contribution in [0.2, 0.25) is 5.02 Å². The maximum Gasteiger partial charge on any atom is 0.316 e. The monoisotopic (exact) mass is 364 g/mol. The van der Waals surface area contributed by atoms with Crippen molar-refractivity contribution in [2.75, 3.05) is 12.4 Å². The minimum atomic E-state index is -0.366. The van der Waals surface area contributed by atoms with Gasteiger partial charge in [-0.1, -0.05) is 42.4 Å². The van der Waals surface area contributed by atoms with Gasteiger partial charge in [-0.25, -0.2) is 0 Å². The summed E-state index contributed by atoms with van der Waals surface area (Å²) in [5.41, 5.74) is 1.29. The summed E-state index contributed by atoms with van der Waals surface area (Å²) in [5, 5.41) is 13.2. The van der Waals surface area contributed by atoms with Crippen LogP contribution in [0.1, 0.15) is 31.2 Å². The fourth-order valence-electron chi connectivity index (χ4n) is 2.30. The van der Waals surface area contributed by atoms with Gasteiger partial charge in [0, 0.05) is 17.4 Å². The lowest BCUT2D eigenvalue weighted by Gasteiger charge is -2.25. The summed E-state index contributed by atoms with van der Waals surface area (Å²) >= 11 is 7.01. The first-order chi connectivity index (χ1) is 11.5. The van der Waals surface area contributed by atoms with Crippen molar-refractivity contribution in [3.05, 3.63) is 45.5 Å². The number of hydrogen-bond donors (Lipinski definition) is 1. The highest BCUT2D eigenvalue weighted by atomic mass is 35.5. The Kier molecular flexibility index (Phi) is 6.71. The van der Waals surface area contributed by atoms with Crippen LogP contribution in [0.5, 0.6) is 0 Å². The number of ether oxygens (including phenoxy) is 1. The van der Waals surface area contributed by atoms with Crippen LogP contribution in [0.4, 0.5) is 0 Å². The Morgan fingerprint density at radius 3 is 2.79 bits per heavy atom. The third kappa shape index (κ3) is 4.76. The molecule has 1 aliphatic rings. The van der Waals surface area contributed by atoms with Crippen LogP contribution in [-0.4, -0.2) is 24.2 Å². The molecule has 1 amide bonds. The highest BCUT2D eigenvalue weighted by Crippen LogP contribution is 2.36. The number of carbonyl (C=O) groups is 2. The Balaban J connectivity index is 2.19. The van der Waals surface area contributed by atoms with Crippen molar-refractivity contribution in [1.29, 1.82) is 5.26 Å². The number of benzene rings is 1. The number of allylic oxidation sites excluding steroid dienone is 1. The molecule has 0 saturated heterocycles. The first-order valence-corrected chi connectivity index (χ1v) is 8.89. The van der Waals surface area contributed by atoms with Crippen LogP contribution in [0.15, 0.2) is 34.9 Å². The maximum absolute atomic E-state index is 12.0. The van der Waals surface area contributed by atoms with E-state index in [4.69, 9.17) is 16.3 Å². The van der Waals surface area contributed by atoms with E-state index in [1.165, 1.54) is 0 Å². The maximum atomic E-state index is 12.0. The zero-order valence-electron chi connectivity index (χ0n) is 13.2. The number of esters is 1. The van der Waals surface area contributed by atoms with Gasteiger partial charge in [-0.05, 0) is 24.1 Å². The van der Waals surface area contributed by atoms with Crippen molar-refractivity contribution in [2.24, 2.45) is 0 Å². The number of nitrogens with zero attached hydrogens (tertiary/aromatic N) is 1. The predicted octanol–water partition coefficient (Wildman–Crippen LogP) is 3.37. The largest absolute Gasteiger partial charge is 0.465 e. The van der Waals surface area contributed by atoms with Crippen molar-refractivity contribution >= 4 is 35.2 Å². The molecule has 0 aromatic heterocycles. The summed E-state index contributed by atoms with van der Waals surface area (Å²) in [5.74, 6) is -0.836. The molecule has 0 radical (unpaired) electrons. The third-order valence-corrected chi connectivity index (χ3v) is 4.67. The van der Waals surface area contributed by atoms with Crippen LogP contribution < -0.4 is 5.32 Å². The van der Waals surface area contributed by atoms with E-state index in [2.05, 4.69) is 11.4 Å². The molecule has 0 fully saturated rings. The van der Waals surface area contributed by atoms with Crippen LogP contribution in [0.25, 0.3) is 0 Å². The normalized spacial score (nSPS) is 17.2. The van der Waals surface area contributed by atoms with E-state index >= 15 is 0 Å². The molecule has 1 aliphatic heterocycles. The zero-order valence-corrected chi connectivity index (χ0v) is 14.7. The first kappa shape index (κ1) is 18.4. The van der Waals surface area contributed by atoms with E-state index in [1.807, 2.05) is 6.92 Å². The van der Waals surface area contributed by atoms with E-state index in [1.54, 1.807) is 24.3 Å². The van der Waals surface area contributed by atoms with Gasteiger partial charge in [-0.2, -0.15) is 5.26 Å². The number of hydrogen-bond acceptors (Lipinski definition) is 5. The quantitative estimate of drug-likeness (QED) is 0.783. The smallest absolute Gasteiger partial charge is 0.316 e. The summed E-state index contributed by atoms with van der Waals surface area (Å²) in [4.78, 5) is 23.6. The molecule has 7 heteroatoms. The highest BCUT2D eigenvalue weighted by Gasteiger charge is 2.29. The number of thioether (sulfide) groups is 1. The van der Waals surface area contributed by atoms with Gasteiger partial charge in [0.15, 0.2) is 0 Å². The molecule has 0 saturated carbocycles. The molecule has 1 heterocycles. The van der Waals surface area contributed by atoms with Gasteiger partial charge in [-0.3, -0.25) is 9.59 Å². The van der Waals surface area contributed by atoms with Gasteiger partial charge in [0.1, 0.15) is 0 Å². The molecule has 24 heavy (non-hydrogen) atoms. The number of nitriles is 1. The second kappa shape index (κ2) is 8.76. The van der Waals surface area contributed by atoms with Crippen molar-refractivity contribution in [2.45, 2.75) is 25.7 Å². The van der Waals surface area contributed by atoms with Crippen LogP contribution in [-0.2, 0) is 14.3 Å². The molecule has 2 rings (SSSR count). The van der Waals surface area contributed by atoms with Gasteiger partial charge in [0.05, 0.1) is 29.0 Å². The lowest BCUT2D eigenvalue weighted by atomic mass is 9.87. The average Bonchev–Trinajstić information content (AvgIpc) is 2.58. The molecule has 1 aromatic carbocycles. The summed E-state index contributed by atoms with van der Waals surface area (Å²) < 4.78 is 5.01. The van der Waals surface area contributed by atoms with E-state index < -0.39 is 0 Å². The number of carbonyl (C=O) groups excluding carboxylic acids is 2. The minimum absolute atomic E-state index is 0.0497. The zero-order chi connectivity index (χ0) is 17.5. The second-order valence-electron chi connectivity index (χ2n) is 5.22. The van der Waals surface area contributed by atoms with Crippen molar-refractivity contribution in [3.8, 4) is 6.07 Å². The standard InChI is InChI=1S/C17H17ClN2O3S/c1-2-7-23-16(22)10-24-17-14(9-19)13(8-15(21)20-17)11-3-5-12(18)6-4-11/h3-6,13H,2,7-8,10H2,1H3,(H,20,21)/t13-/m0/s1. The van der Waals surface area contributed by atoms with Gasteiger partial charge >= 0.3 is 5.97 Å². The van der Waals surface area contributed by atoms with Crippen LogP contribution >= 0.6 is 23.4 Å². The number of amides is 1. The highest BCUT2D eigenvalue weighted by molar-refractivity contribution is 8.03. The fraction of sp³-hybridized carbons (Fsp3) is 0.353. The molecule has 0 bridgehead atoms. The predicted molar refractivity (Wildman–Crippen MR) is 93.3 cm³/mol. The van der Waals surface area contributed by atoms with Gasteiger partial charge in [0.2, 0.25) is 5.91 Å². The molecule has 1 N–H and O–H groups in total. The molecular formula is C17H17ClN2O3S. The molecule has 0 spiro atoms. The topological polar surface area (TPSA) is 79.2 Å². The Hall–Kier alpha value is -1.97. The first-order valence-electron chi connectivity index (χ1n) is 7.53. The molecule has 1 atom stereocenters. The molecule has 0 aliphatic carbocycles. The summed E-state index contributed by atoms with van der Waals surface area (Å²) in [6, 6.07) is 9.24. The third-order valence-electron chi connectivity index (χ3n) is 3.43. The minimum Gasteiger partial charge on any atom is -0.465 e. The van der Waals surface area contributed by atoms with Crippen molar-refractivity contribution in [1.82, 2.24) is 5.32 Å². The van der Waals surface area contributed by atoms with Gasteiger partial charge in [0.25, 0.3) is 0 Å². The molecule has 1 aromatic rings. The summed E-state index contributed by atoms with van der Waals surface area (Å²) in [6.07, 6.45) is 0.937. The van der Waals surface area contributed by atoms with Crippen molar-refractivity contribution in [3.63, 3.8) is 0 Å². The molecule has 5 nitrogen and oxygen atoms in total. The average molecular weight is 365 g/mol. The van der Waals surface area contributed by atoms with E-state index in [-0.39, 0.29) is 30.0 Å². The Morgan fingerprint density at radius 2 is 2.17 bits per heavy atom. The molecular weight excluding hydrogens is 348 g/mol. The van der Waals surface area contributed by atoms with Crippen molar-refractivity contribution < 1.29 is 14.3 Å². The lowest BCUT2D eigenvalue weighted by Crippen LogP contribution is -2.31. The number of nitrogens with one attached hydrogen (secondary N) is 1. The molecule has 0 unspecified atom stereocenters. The number of rotatable bonds is 6. The Labute approximate surface area is 150 Å². The Bertz CT molecular complexity index is 695. The van der Waals surface area contributed by atoms with Gasteiger partial charge < -0.3 is 10.1 Å². The second-order valence-corrected chi connectivity index (χ2v) is 6.64. The number of halogens is 1. The van der Waals surface area contributed by atoms with E-state index in [0.717, 1.165) is 23.7 Å². The fourth-order valence-corrected chi connectivity index (χ4v) is 3.30. The van der Waals surface area contributed by atoms with Gasteiger partial charge in [-0.15, -0.1) is 0 Å². The van der Waals surface area contributed by atoms with E-state index in [9.17, 15) is 14.9 Å². The van der Waals surface area contributed by atoms with E-state index in [0.29, 0.717) is 22.2 Å². The van der Waals surface area contributed by atoms with Crippen LogP contribution in [0.3, 0.4) is 0 Å². The SMILES string of the molecule is CCCOC(=O)CSC1=C(C#N)[C@H](c2ccc(Cl)cc2)CC(=O)N1. The van der Waals surface area contributed by atoms with Crippen LogP contribution in [0, 0.1) is 11.3 Å². The summed E-state index contributed by atoms with van der Waals surface area (Å²) in [7, 11) is 0. The summed E-state index contributed by atoms with van der Waals surface area (Å²) in [6.45, 7) is 2.28. The molecule has 126 valence electrons.